The average Bonchev–Trinajstić information content (AvgIpc) is 2.08. The fourth-order valence-electron chi connectivity index (χ4n) is 1.24. The summed E-state index contributed by atoms with van der Waals surface area (Å²) < 4.78 is 4.96. The quantitative estimate of drug-likeness (QED) is 0.489. The molecule has 2 N–H and O–H groups in total. The zero-order valence-corrected chi connectivity index (χ0v) is 7.20. The SMILES string of the molecule is Cc1cc2ccc(=O)oc2cc1N. The lowest BCUT2D eigenvalue weighted by Crippen LogP contribution is -1.96. The van der Waals surface area contributed by atoms with Gasteiger partial charge in [0.1, 0.15) is 5.58 Å². The van der Waals surface area contributed by atoms with Crippen molar-refractivity contribution < 1.29 is 4.42 Å². The normalized spacial score (nSPS) is 10.5. The zero-order chi connectivity index (χ0) is 9.42. The van der Waals surface area contributed by atoms with Gasteiger partial charge in [0, 0.05) is 23.2 Å². The zero-order valence-electron chi connectivity index (χ0n) is 7.20. The number of aryl methyl sites for hydroxylation is 1. The summed E-state index contributed by atoms with van der Waals surface area (Å²) in [6, 6.07) is 6.70. The molecule has 0 aliphatic carbocycles. The van der Waals surface area contributed by atoms with Crippen molar-refractivity contribution in [2.45, 2.75) is 6.92 Å². The van der Waals surface area contributed by atoms with E-state index >= 15 is 0 Å². The van der Waals surface area contributed by atoms with Crippen LogP contribution in [-0.4, -0.2) is 0 Å². The van der Waals surface area contributed by atoms with E-state index in [0.717, 1.165) is 10.9 Å². The van der Waals surface area contributed by atoms with Crippen molar-refractivity contribution in [3.8, 4) is 0 Å². The second kappa shape index (κ2) is 2.62. The summed E-state index contributed by atoms with van der Waals surface area (Å²) in [5.74, 6) is 0. The summed E-state index contributed by atoms with van der Waals surface area (Å²) in [6.07, 6.45) is 0. The molecular formula is C10H9NO2. The Morgan fingerprint density at radius 1 is 1.31 bits per heavy atom. The van der Waals surface area contributed by atoms with Crippen LogP contribution in [0.15, 0.2) is 33.5 Å². The first-order chi connectivity index (χ1) is 6.16. The first kappa shape index (κ1) is 7.86. The lowest BCUT2D eigenvalue weighted by atomic mass is 10.1. The lowest BCUT2D eigenvalue weighted by Gasteiger charge is -2.01. The summed E-state index contributed by atoms with van der Waals surface area (Å²) in [5.41, 5.74) is 7.49. The minimum atomic E-state index is -0.351. The number of benzene rings is 1. The molecule has 0 unspecified atom stereocenters. The van der Waals surface area contributed by atoms with E-state index in [-0.39, 0.29) is 5.63 Å². The standard InChI is InChI=1S/C10H9NO2/c1-6-4-7-2-3-10(12)13-9(7)5-8(6)11/h2-5H,11H2,1H3. The van der Waals surface area contributed by atoms with Crippen molar-refractivity contribution in [1.29, 1.82) is 0 Å². The highest BCUT2D eigenvalue weighted by molar-refractivity contribution is 5.81. The Bertz CT molecular complexity index is 514. The van der Waals surface area contributed by atoms with Crippen LogP contribution in [-0.2, 0) is 0 Å². The van der Waals surface area contributed by atoms with Crippen molar-refractivity contribution in [3.05, 3.63) is 40.2 Å². The Morgan fingerprint density at radius 3 is 2.85 bits per heavy atom. The van der Waals surface area contributed by atoms with Crippen LogP contribution in [0, 0.1) is 6.92 Å². The fourth-order valence-corrected chi connectivity index (χ4v) is 1.24. The molecule has 1 aromatic carbocycles. The summed E-state index contributed by atoms with van der Waals surface area (Å²) in [5, 5.41) is 0.895. The van der Waals surface area contributed by atoms with Crippen molar-refractivity contribution >= 4 is 16.7 Å². The van der Waals surface area contributed by atoms with Crippen LogP contribution in [0.3, 0.4) is 0 Å². The van der Waals surface area contributed by atoms with E-state index < -0.39 is 0 Å². The van der Waals surface area contributed by atoms with Crippen molar-refractivity contribution in [3.63, 3.8) is 0 Å². The molecule has 0 atom stereocenters. The maximum atomic E-state index is 10.9. The van der Waals surface area contributed by atoms with Gasteiger partial charge in [0.15, 0.2) is 0 Å². The largest absolute Gasteiger partial charge is 0.423 e. The average molecular weight is 175 g/mol. The van der Waals surface area contributed by atoms with Crippen molar-refractivity contribution in [1.82, 2.24) is 0 Å². The van der Waals surface area contributed by atoms with E-state index in [9.17, 15) is 4.79 Å². The van der Waals surface area contributed by atoms with Crippen molar-refractivity contribution in [2.75, 3.05) is 5.73 Å². The highest BCUT2D eigenvalue weighted by Gasteiger charge is 2.00. The summed E-state index contributed by atoms with van der Waals surface area (Å²) in [7, 11) is 0. The molecule has 0 aliphatic rings. The van der Waals surface area contributed by atoms with Crippen LogP contribution in [0.4, 0.5) is 5.69 Å². The van der Waals surface area contributed by atoms with Crippen LogP contribution < -0.4 is 11.4 Å². The van der Waals surface area contributed by atoms with E-state index in [1.165, 1.54) is 6.07 Å². The van der Waals surface area contributed by atoms with Crippen LogP contribution in [0.1, 0.15) is 5.56 Å². The van der Waals surface area contributed by atoms with Gasteiger partial charge in [0.2, 0.25) is 0 Å². The maximum Gasteiger partial charge on any atom is 0.336 e. The number of nitrogens with two attached hydrogens (primary N) is 1. The molecule has 13 heavy (non-hydrogen) atoms. The summed E-state index contributed by atoms with van der Waals surface area (Å²) in [6.45, 7) is 1.92. The van der Waals surface area contributed by atoms with Gasteiger partial charge in [0.25, 0.3) is 0 Å². The van der Waals surface area contributed by atoms with Crippen LogP contribution in [0.5, 0.6) is 0 Å². The van der Waals surface area contributed by atoms with Gasteiger partial charge in [-0.25, -0.2) is 4.79 Å². The first-order valence-corrected chi connectivity index (χ1v) is 3.97. The Morgan fingerprint density at radius 2 is 2.08 bits per heavy atom. The molecule has 0 spiro atoms. The smallest absolute Gasteiger partial charge is 0.336 e. The highest BCUT2D eigenvalue weighted by Crippen LogP contribution is 2.19. The van der Waals surface area contributed by atoms with Gasteiger partial charge in [0.05, 0.1) is 0 Å². The van der Waals surface area contributed by atoms with Gasteiger partial charge >= 0.3 is 5.63 Å². The molecule has 66 valence electrons. The maximum absolute atomic E-state index is 10.9. The predicted molar refractivity (Wildman–Crippen MR) is 51.6 cm³/mol. The third-order valence-corrected chi connectivity index (χ3v) is 2.01. The molecule has 1 aromatic heterocycles. The fraction of sp³-hybridized carbons (Fsp3) is 0.100. The second-order valence-electron chi connectivity index (χ2n) is 3.00. The number of nitrogen functional groups attached to an aromatic ring is 1. The van der Waals surface area contributed by atoms with Gasteiger partial charge in [-0.2, -0.15) is 0 Å². The van der Waals surface area contributed by atoms with E-state index in [1.807, 2.05) is 13.0 Å². The molecule has 2 rings (SSSR count). The molecule has 0 fully saturated rings. The number of anilines is 1. The molecule has 0 saturated heterocycles. The molecular weight excluding hydrogens is 166 g/mol. The van der Waals surface area contributed by atoms with E-state index in [1.54, 1.807) is 12.1 Å². The number of hydrogen-bond donors (Lipinski definition) is 1. The van der Waals surface area contributed by atoms with Gasteiger partial charge in [-0.3, -0.25) is 0 Å². The molecule has 0 saturated carbocycles. The van der Waals surface area contributed by atoms with Crippen LogP contribution in [0.25, 0.3) is 11.0 Å². The molecule has 0 radical (unpaired) electrons. The third kappa shape index (κ3) is 1.28. The van der Waals surface area contributed by atoms with Crippen LogP contribution in [0.2, 0.25) is 0 Å². The van der Waals surface area contributed by atoms with Gasteiger partial charge < -0.3 is 10.2 Å². The Kier molecular flexibility index (Phi) is 1.59. The molecule has 2 aromatic rings. The first-order valence-electron chi connectivity index (χ1n) is 3.97. The summed E-state index contributed by atoms with van der Waals surface area (Å²) in [4.78, 5) is 10.9. The third-order valence-electron chi connectivity index (χ3n) is 2.01. The molecule has 0 amide bonds. The monoisotopic (exact) mass is 175 g/mol. The van der Waals surface area contributed by atoms with E-state index in [4.69, 9.17) is 10.2 Å². The topological polar surface area (TPSA) is 56.2 Å². The van der Waals surface area contributed by atoms with Crippen LogP contribution >= 0.6 is 0 Å². The number of rotatable bonds is 0. The minimum Gasteiger partial charge on any atom is -0.423 e. The molecule has 0 bridgehead atoms. The van der Waals surface area contributed by atoms with E-state index in [2.05, 4.69) is 0 Å². The molecule has 1 heterocycles. The second-order valence-corrected chi connectivity index (χ2v) is 3.00. The van der Waals surface area contributed by atoms with Gasteiger partial charge in [-0.15, -0.1) is 0 Å². The van der Waals surface area contributed by atoms with Crippen molar-refractivity contribution in [2.24, 2.45) is 0 Å². The summed E-state index contributed by atoms with van der Waals surface area (Å²) >= 11 is 0. The van der Waals surface area contributed by atoms with Gasteiger partial charge in [-0.05, 0) is 24.6 Å². The molecule has 3 heteroatoms. The molecule has 0 aliphatic heterocycles. The number of fused-ring (bicyclic) bond motifs is 1. The highest BCUT2D eigenvalue weighted by atomic mass is 16.4. The predicted octanol–water partition coefficient (Wildman–Crippen LogP) is 1.68. The Balaban J connectivity index is 2.89. The Labute approximate surface area is 74.8 Å². The number of hydrogen-bond acceptors (Lipinski definition) is 3. The Hall–Kier alpha value is -1.77. The lowest BCUT2D eigenvalue weighted by molar-refractivity contribution is 0.561. The molecule has 3 nitrogen and oxygen atoms in total. The minimum absolute atomic E-state index is 0.351. The van der Waals surface area contributed by atoms with Gasteiger partial charge in [-0.1, -0.05) is 0 Å². The van der Waals surface area contributed by atoms with E-state index in [0.29, 0.717) is 11.3 Å².